The van der Waals surface area contributed by atoms with Crippen molar-refractivity contribution in [3.63, 3.8) is 0 Å². The Morgan fingerprint density at radius 3 is 2.95 bits per heavy atom. The quantitative estimate of drug-likeness (QED) is 0.919. The third-order valence-corrected chi connectivity index (χ3v) is 3.60. The number of carbonyl (C=O) groups excluding carboxylic acids is 1. The van der Waals surface area contributed by atoms with Crippen LogP contribution in [0.4, 0.5) is 0 Å². The van der Waals surface area contributed by atoms with Crippen molar-refractivity contribution in [2.45, 2.75) is 32.9 Å². The molecular weight excluding hydrogens is 282 g/mol. The van der Waals surface area contributed by atoms with Crippen molar-refractivity contribution in [2.24, 2.45) is 0 Å². The van der Waals surface area contributed by atoms with Gasteiger partial charge in [0, 0.05) is 19.2 Å². The number of fused-ring (bicyclic) bond motifs is 1. The van der Waals surface area contributed by atoms with Crippen molar-refractivity contribution in [2.75, 3.05) is 6.79 Å². The maximum atomic E-state index is 12.0. The van der Waals surface area contributed by atoms with Crippen molar-refractivity contribution in [1.82, 2.24) is 15.1 Å². The number of aromatic nitrogens is 2. The summed E-state index contributed by atoms with van der Waals surface area (Å²) in [4.78, 5) is 12.0. The highest BCUT2D eigenvalue weighted by atomic mass is 16.7. The smallest absolute Gasteiger partial charge is 0.231 e. The number of ether oxygens (including phenoxy) is 2. The molecule has 22 heavy (non-hydrogen) atoms. The summed E-state index contributed by atoms with van der Waals surface area (Å²) in [6, 6.07) is 7.64. The van der Waals surface area contributed by atoms with E-state index in [9.17, 15) is 4.79 Å². The summed E-state index contributed by atoms with van der Waals surface area (Å²) in [5.41, 5.74) is 1.94. The average molecular weight is 301 g/mol. The predicted octanol–water partition coefficient (Wildman–Crippen LogP) is 2.19. The number of nitrogens with one attached hydrogen (secondary N) is 1. The molecule has 0 saturated heterocycles. The fourth-order valence-electron chi connectivity index (χ4n) is 2.36. The van der Waals surface area contributed by atoms with E-state index in [0.29, 0.717) is 13.0 Å². The Bertz CT molecular complexity index is 681. The molecule has 0 radical (unpaired) electrons. The van der Waals surface area contributed by atoms with Gasteiger partial charge in [0.15, 0.2) is 11.5 Å². The zero-order chi connectivity index (χ0) is 15.5. The van der Waals surface area contributed by atoms with E-state index in [0.717, 1.165) is 22.8 Å². The number of benzene rings is 1. The molecule has 2 aromatic rings. The Hall–Kier alpha value is -2.50. The van der Waals surface area contributed by atoms with Gasteiger partial charge < -0.3 is 14.8 Å². The molecule has 1 aliphatic rings. The number of carbonyl (C=O) groups is 1. The second-order valence-corrected chi connectivity index (χ2v) is 5.45. The molecule has 1 aliphatic heterocycles. The van der Waals surface area contributed by atoms with Gasteiger partial charge in [-0.1, -0.05) is 6.07 Å². The van der Waals surface area contributed by atoms with Gasteiger partial charge in [-0.2, -0.15) is 5.10 Å². The highest BCUT2D eigenvalue weighted by Gasteiger charge is 2.14. The van der Waals surface area contributed by atoms with Crippen LogP contribution in [0.15, 0.2) is 30.5 Å². The highest BCUT2D eigenvalue weighted by molar-refractivity contribution is 5.76. The van der Waals surface area contributed by atoms with Crippen LogP contribution in [0.25, 0.3) is 0 Å². The Morgan fingerprint density at radius 2 is 2.18 bits per heavy atom. The lowest BCUT2D eigenvalue weighted by Crippen LogP contribution is -2.25. The maximum absolute atomic E-state index is 12.0. The average Bonchev–Trinajstić information content (AvgIpc) is 3.13. The summed E-state index contributed by atoms with van der Waals surface area (Å²) in [7, 11) is 0. The number of hydrogen-bond donors (Lipinski definition) is 1. The number of rotatable bonds is 5. The van der Waals surface area contributed by atoms with E-state index < -0.39 is 0 Å². The lowest BCUT2D eigenvalue weighted by Gasteiger charge is -2.12. The lowest BCUT2D eigenvalue weighted by atomic mass is 10.2. The first-order valence-electron chi connectivity index (χ1n) is 7.29. The van der Waals surface area contributed by atoms with Gasteiger partial charge in [0.05, 0.1) is 11.7 Å². The van der Waals surface area contributed by atoms with Crippen molar-refractivity contribution in [3.8, 4) is 11.5 Å². The largest absolute Gasteiger partial charge is 0.454 e. The van der Waals surface area contributed by atoms with Crippen LogP contribution in [0.3, 0.4) is 0 Å². The molecule has 2 heterocycles. The molecule has 1 unspecified atom stereocenters. The topological polar surface area (TPSA) is 65.4 Å². The van der Waals surface area contributed by atoms with E-state index in [1.165, 1.54) is 0 Å². The molecule has 1 aromatic carbocycles. The van der Waals surface area contributed by atoms with Gasteiger partial charge in [-0.05, 0) is 37.6 Å². The molecule has 1 amide bonds. The van der Waals surface area contributed by atoms with E-state index in [2.05, 4.69) is 10.4 Å². The van der Waals surface area contributed by atoms with Crippen LogP contribution in [0, 0.1) is 6.92 Å². The Balaban J connectivity index is 1.52. The molecule has 6 heteroatoms. The van der Waals surface area contributed by atoms with Crippen LogP contribution < -0.4 is 14.8 Å². The third-order valence-electron chi connectivity index (χ3n) is 3.60. The normalized spacial score (nSPS) is 13.9. The van der Waals surface area contributed by atoms with Crippen LogP contribution in [-0.2, 0) is 11.3 Å². The van der Waals surface area contributed by atoms with Crippen LogP contribution in [0.1, 0.15) is 30.6 Å². The van der Waals surface area contributed by atoms with Gasteiger partial charge >= 0.3 is 0 Å². The first kappa shape index (κ1) is 14.4. The minimum Gasteiger partial charge on any atom is -0.454 e. The summed E-state index contributed by atoms with van der Waals surface area (Å²) >= 11 is 0. The summed E-state index contributed by atoms with van der Waals surface area (Å²) in [6.07, 6.45) is 2.29. The zero-order valence-electron chi connectivity index (χ0n) is 12.7. The monoisotopic (exact) mass is 301 g/mol. The second-order valence-electron chi connectivity index (χ2n) is 5.45. The minimum atomic E-state index is -0.00156. The Labute approximate surface area is 129 Å². The Kier molecular flexibility index (Phi) is 4.00. The standard InChI is InChI=1S/C16H19N3O3/c1-11-5-6-19(18-11)12(2)7-16(20)17-9-13-3-4-14-15(8-13)22-10-21-14/h3-6,8,12H,7,9-10H2,1-2H3,(H,17,20). The molecule has 0 fully saturated rings. The summed E-state index contributed by atoms with van der Waals surface area (Å²) in [5, 5.41) is 7.25. The number of amides is 1. The molecule has 1 atom stereocenters. The highest BCUT2D eigenvalue weighted by Crippen LogP contribution is 2.32. The van der Waals surface area contributed by atoms with Gasteiger partial charge in [-0.25, -0.2) is 0 Å². The first-order chi connectivity index (χ1) is 10.6. The molecule has 1 aromatic heterocycles. The molecule has 6 nitrogen and oxygen atoms in total. The van der Waals surface area contributed by atoms with Crippen LogP contribution in [0.2, 0.25) is 0 Å². The Morgan fingerprint density at radius 1 is 1.36 bits per heavy atom. The SMILES string of the molecule is Cc1ccn(C(C)CC(=O)NCc2ccc3c(c2)OCO3)n1. The molecule has 0 saturated carbocycles. The van der Waals surface area contributed by atoms with Crippen molar-refractivity contribution in [3.05, 3.63) is 41.7 Å². The van der Waals surface area contributed by atoms with Crippen molar-refractivity contribution in [1.29, 1.82) is 0 Å². The van der Waals surface area contributed by atoms with E-state index in [1.807, 2.05) is 49.0 Å². The second kappa shape index (κ2) is 6.09. The summed E-state index contributed by atoms with van der Waals surface area (Å²) in [5.74, 6) is 1.48. The molecule has 0 spiro atoms. The fraction of sp³-hybridized carbons (Fsp3) is 0.375. The van der Waals surface area contributed by atoms with Gasteiger partial charge in [0.25, 0.3) is 0 Å². The van der Waals surface area contributed by atoms with Gasteiger partial charge in [-0.15, -0.1) is 0 Å². The number of hydrogen-bond acceptors (Lipinski definition) is 4. The molecular formula is C16H19N3O3. The summed E-state index contributed by atoms with van der Waals surface area (Å²) in [6.45, 7) is 4.64. The molecule has 0 bridgehead atoms. The first-order valence-corrected chi connectivity index (χ1v) is 7.29. The van der Waals surface area contributed by atoms with Gasteiger partial charge in [-0.3, -0.25) is 9.48 Å². The molecule has 1 N–H and O–H groups in total. The summed E-state index contributed by atoms with van der Waals surface area (Å²) < 4.78 is 12.4. The number of aryl methyl sites for hydroxylation is 1. The van der Waals surface area contributed by atoms with Gasteiger partial charge in [0.2, 0.25) is 12.7 Å². The third kappa shape index (κ3) is 3.21. The predicted molar refractivity (Wildman–Crippen MR) is 80.7 cm³/mol. The van der Waals surface area contributed by atoms with E-state index in [1.54, 1.807) is 0 Å². The van der Waals surface area contributed by atoms with Gasteiger partial charge in [0.1, 0.15) is 0 Å². The van der Waals surface area contributed by atoms with E-state index in [4.69, 9.17) is 9.47 Å². The lowest BCUT2D eigenvalue weighted by molar-refractivity contribution is -0.122. The van der Waals surface area contributed by atoms with Crippen LogP contribution >= 0.6 is 0 Å². The number of nitrogens with zero attached hydrogens (tertiary/aromatic N) is 2. The van der Waals surface area contributed by atoms with E-state index in [-0.39, 0.29) is 18.7 Å². The fourth-order valence-corrected chi connectivity index (χ4v) is 2.36. The van der Waals surface area contributed by atoms with Crippen molar-refractivity contribution < 1.29 is 14.3 Å². The molecule has 3 rings (SSSR count). The minimum absolute atomic E-state index is 0.00156. The van der Waals surface area contributed by atoms with Crippen LogP contribution in [0.5, 0.6) is 11.5 Å². The van der Waals surface area contributed by atoms with Crippen LogP contribution in [-0.4, -0.2) is 22.5 Å². The zero-order valence-corrected chi connectivity index (χ0v) is 12.7. The van der Waals surface area contributed by atoms with Crippen molar-refractivity contribution >= 4 is 5.91 Å². The molecule has 116 valence electrons. The molecule has 0 aliphatic carbocycles. The van der Waals surface area contributed by atoms with E-state index >= 15 is 0 Å². The maximum Gasteiger partial charge on any atom is 0.231 e.